The van der Waals surface area contributed by atoms with E-state index in [1.165, 1.54) is 11.4 Å². The van der Waals surface area contributed by atoms with Gasteiger partial charge in [-0.2, -0.15) is 0 Å². The van der Waals surface area contributed by atoms with Gasteiger partial charge in [-0.1, -0.05) is 12.1 Å². The van der Waals surface area contributed by atoms with Gasteiger partial charge in [0.2, 0.25) is 0 Å². The molecule has 0 unspecified atom stereocenters. The minimum absolute atomic E-state index is 0.166. The molecule has 0 nitrogen and oxygen atoms in total. The van der Waals surface area contributed by atoms with Gasteiger partial charge >= 0.3 is 0 Å². The van der Waals surface area contributed by atoms with Crippen molar-refractivity contribution >= 4 is 23.3 Å². The quantitative estimate of drug-likeness (QED) is 0.646. The first kappa shape index (κ1) is 10.6. The number of halogens is 1. The second kappa shape index (κ2) is 3.57. The third-order valence-corrected chi connectivity index (χ3v) is 4.39. The fraction of sp³-hybridized carbons (Fsp3) is 0.231. The average Bonchev–Trinajstić information content (AvgIpc) is 2.15. The van der Waals surface area contributed by atoms with Crippen LogP contribution in [0.2, 0.25) is 0 Å². The van der Waals surface area contributed by atoms with Gasteiger partial charge in [0.15, 0.2) is 0 Å². The van der Waals surface area contributed by atoms with Crippen molar-refractivity contribution in [2.24, 2.45) is 0 Å². The lowest BCUT2D eigenvalue weighted by Gasteiger charge is -2.12. The first-order valence-electron chi connectivity index (χ1n) is 4.98. The molecule has 0 aliphatic carbocycles. The summed E-state index contributed by atoms with van der Waals surface area (Å²) in [5.41, 5.74) is 0. The van der Waals surface area contributed by atoms with E-state index in [9.17, 15) is 4.39 Å². The number of hydrogen-bond donors (Lipinski definition) is 0. The van der Waals surface area contributed by atoms with Gasteiger partial charge in [0, 0.05) is 7.26 Å². The first-order chi connectivity index (χ1) is 6.97. The van der Waals surface area contributed by atoms with E-state index in [0.29, 0.717) is 0 Å². The zero-order valence-corrected chi connectivity index (χ0v) is 10.2. The van der Waals surface area contributed by atoms with E-state index in [4.69, 9.17) is 0 Å². The first-order valence-corrected chi connectivity index (χ1v) is 8.11. The summed E-state index contributed by atoms with van der Waals surface area (Å²) < 4.78 is 13.0. The molecule has 0 aromatic heterocycles. The minimum Gasteiger partial charge on any atom is -0.207 e. The SMILES string of the molecule is C[P+](C)(C)c1ccc2cc(F)ccc2c1. The molecule has 0 N–H and O–H groups in total. The van der Waals surface area contributed by atoms with Crippen LogP contribution in [0.15, 0.2) is 36.4 Å². The number of rotatable bonds is 1. The van der Waals surface area contributed by atoms with Crippen molar-refractivity contribution in [2.75, 3.05) is 20.0 Å². The maximum absolute atomic E-state index is 13.0. The smallest absolute Gasteiger partial charge is 0.123 e. The summed E-state index contributed by atoms with van der Waals surface area (Å²) in [6.07, 6.45) is 0. The summed E-state index contributed by atoms with van der Waals surface area (Å²) in [5.74, 6) is -0.166. The van der Waals surface area contributed by atoms with Crippen LogP contribution in [-0.2, 0) is 0 Å². The van der Waals surface area contributed by atoms with Crippen LogP contribution in [0.5, 0.6) is 0 Å². The molecular weight excluding hydrogens is 206 g/mol. The topological polar surface area (TPSA) is 0 Å². The molecule has 0 bridgehead atoms. The van der Waals surface area contributed by atoms with Crippen molar-refractivity contribution in [3.8, 4) is 0 Å². The molecule has 2 aromatic rings. The van der Waals surface area contributed by atoms with Gasteiger partial charge in [-0.3, -0.25) is 0 Å². The third kappa shape index (κ3) is 2.18. The molecule has 0 amide bonds. The molecule has 0 atom stereocenters. The Bertz CT molecular complexity index is 497. The molecule has 2 heteroatoms. The van der Waals surface area contributed by atoms with Crippen LogP contribution in [0, 0.1) is 5.82 Å². The summed E-state index contributed by atoms with van der Waals surface area (Å²) in [6, 6.07) is 11.3. The lowest BCUT2D eigenvalue weighted by atomic mass is 10.1. The predicted octanol–water partition coefficient (Wildman–Crippen LogP) is 3.51. The zero-order chi connectivity index (χ0) is 11.1. The highest BCUT2D eigenvalue weighted by Crippen LogP contribution is 2.45. The molecule has 78 valence electrons. The summed E-state index contributed by atoms with van der Waals surface area (Å²) in [6.45, 7) is 6.87. The lowest BCUT2D eigenvalue weighted by molar-refractivity contribution is 0.630. The molecule has 0 spiro atoms. The van der Waals surface area contributed by atoms with Gasteiger partial charge < -0.3 is 0 Å². The van der Waals surface area contributed by atoms with E-state index >= 15 is 0 Å². The molecular formula is C13H15FP+. The molecule has 2 aromatic carbocycles. The van der Waals surface area contributed by atoms with Crippen molar-refractivity contribution in [3.05, 3.63) is 42.2 Å². The van der Waals surface area contributed by atoms with Crippen molar-refractivity contribution in [2.45, 2.75) is 0 Å². The molecule has 0 radical (unpaired) electrons. The van der Waals surface area contributed by atoms with E-state index in [-0.39, 0.29) is 5.82 Å². The molecule has 15 heavy (non-hydrogen) atoms. The highest BCUT2D eigenvalue weighted by atomic mass is 31.2. The van der Waals surface area contributed by atoms with Crippen molar-refractivity contribution in [1.82, 2.24) is 0 Å². The zero-order valence-electron chi connectivity index (χ0n) is 9.29. The van der Waals surface area contributed by atoms with Gasteiger partial charge in [0.05, 0.1) is 25.3 Å². The highest BCUT2D eigenvalue weighted by molar-refractivity contribution is 7.80. The Balaban J connectivity index is 2.62. The maximum Gasteiger partial charge on any atom is 0.123 e. The molecule has 0 saturated heterocycles. The van der Waals surface area contributed by atoms with Gasteiger partial charge in [0.1, 0.15) is 5.82 Å². The third-order valence-electron chi connectivity index (χ3n) is 2.56. The summed E-state index contributed by atoms with van der Waals surface area (Å²) in [7, 11) is -0.978. The van der Waals surface area contributed by atoms with E-state index in [1.807, 2.05) is 12.1 Å². The Morgan fingerprint density at radius 1 is 0.867 bits per heavy atom. The Morgan fingerprint density at radius 2 is 1.47 bits per heavy atom. The number of fused-ring (bicyclic) bond motifs is 1. The maximum atomic E-state index is 13.0. The van der Waals surface area contributed by atoms with Gasteiger partial charge in [0.25, 0.3) is 0 Å². The van der Waals surface area contributed by atoms with Crippen LogP contribution in [-0.4, -0.2) is 20.0 Å². The molecule has 0 heterocycles. The van der Waals surface area contributed by atoms with Crippen molar-refractivity contribution in [1.29, 1.82) is 0 Å². The average molecular weight is 221 g/mol. The number of benzene rings is 2. The fourth-order valence-corrected chi connectivity index (χ4v) is 2.67. The van der Waals surface area contributed by atoms with Crippen molar-refractivity contribution in [3.63, 3.8) is 0 Å². The van der Waals surface area contributed by atoms with Crippen LogP contribution in [0.1, 0.15) is 0 Å². The molecule has 0 saturated carbocycles. The Hall–Kier alpha value is -0.940. The lowest BCUT2D eigenvalue weighted by Crippen LogP contribution is -2.06. The molecule has 0 aliphatic heterocycles. The summed E-state index contributed by atoms with van der Waals surface area (Å²) >= 11 is 0. The standard InChI is InChI=1S/C13H15FP/c1-15(2,3)13-7-5-10-8-12(14)6-4-11(10)9-13/h4-9H,1-3H3/q+1. The van der Waals surface area contributed by atoms with Gasteiger partial charge in [-0.05, 0) is 35.0 Å². The van der Waals surface area contributed by atoms with E-state index < -0.39 is 7.26 Å². The second-order valence-corrected chi connectivity index (χ2v) is 9.23. The monoisotopic (exact) mass is 221 g/mol. The second-order valence-electron chi connectivity index (χ2n) is 4.69. The minimum atomic E-state index is -0.978. The fourth-order valence-electron chi connectivity index (χ4n) is 1.62. The van der Waals surface area contributed by atoms with Gasteiger partial charge in [-0.25, -0.2) is 4.39 Å². The molecule has 2 rings (SSSR count). The normalized spacial score (nSPS) is 12.0. The predicted molar refractivity (Wildman–Crippen MR) is 68.2 cm³/mol. The van der Waals surface area contributed by atoms with Crippen LogP contribution in [0.25, 0.3) is 10.8 Å². The highest BCUT2D eigenvalue weighted by Gasteiger charge is 2.20. The van der Waals surface area contributed by atoms with E-state index in [1.54, 1.807) is 6.07 Å². The van der Waals surface area contributed by atoms with E-state index in [0.717, 1.165) is 10.8 Å². The molecule has 0 fully saturated rings. The molecule has 0 aliphatic rings. The van der Waals surface area contributed by atoms with Gasteiger partial charge in [-0.15, -0.1) is 0 Å². The van der Waals surface area contributed by atoms with E-state index in [2.05, 4.69) is 32.1 Å². The largest absolute Gasteiger partial charge is 0.207 e. The number of hydrogen-bond acceptors (Lipinski definition) is 0. The Kier molecular flexibility index (Phi) is 2.52. The van der Waals surface area contributed by atoms with Crippen LogP contribution < -0.4 is 5.30 Å². The van der Waals surface area contributed by atoms with Crippen LogP contribution in [0.3, 0.4) is 0 Å². The van der Waals surface area contributed by atoms with Crippen LogP contribution >= 0.6 is 7.26 Å². The Labute approximate surface area is 90.5 Å². The summed E-state index contributed by atoms with van der Waals surface area (Å²) in [4.78, 5) is 0. The Morgan fingerprint density at radius 3 is 2.13 bits per heavy atom. The van der Waals surface area contributed by atoms with Crippen molar-refractivity contribution < 1.29 is 4.39 Å². The summed E-state index contributed by atoms with van der Waals surface area (Å²) in [5, 5.41) is 3.50. The van der Waals surface area contributed by atoms with Crippen LogP contribution in [0.4, 0.5) is 4.39 Å².